The Bertz CT molecular complexity index is 1130. The van der Waals surface area contributed by atoms with Crippen LogP contribution in [0.2, 0.25) is 10.0 Å². The van der Waals surface area contributed by atoms with E-state index in [0.717, 1.165) is 16.6 Å². The van der Waals surface area contributed by atoms with Crippen molar-refractivity contribution in [3.05, 3.63) is 82.5 Å². The largest absolute Gasteiger partial charge is 0.349 e. The Morgan fingerprint density at radius 1 is 1.11 bits per heavy atom. The van der Waals surface area contributed by atoms with Gasteiger partial charge in [-0.05, 0) is 39.8 Å². The summed E-state index contributed by atoms with van der Waals surface area (Å²) in [5.41, 5.74) is 3.30. The van der Waals surface area contributed by atoms with Crippen molar-refractivity contribution >= 4 is 40.1 Å². The van der Waals surface area contributed by atoms with Gasteiger partial charge in [0.25, 0.3) is 0 Å². The molecule has 6 nitrogen and oxygen atoms in total. The molecule has 0 bridgehead atoms. The molecule has 0 saturated carbocycles. The zero-order valence-corrected chi connectivity index (χ0v) is 16.5. The average molecular weight is 413 g/mol. The smallest absolute Gasteiger partial charge is 0.243 e. The van der Waals surface area contributed by atoms with Gasteiger partial charge in [0.05, 0.1) is 6.54 Å². The maximum atomic E-state index is 6.37. The van der Waals surface area contributed by atoms with Crippen molar-refractivity contribution in [2.24, 2.45) is 0 Å². The highest BCUT2D eigenvalue weighted by molar-refractivity contribution is 6.35. The van der Waals surface area contributed by atoms with E-state index in [1.54, 1.807) is 16.8 Å². The monoisotopic (exact) mass is 412 g/mol. The van der Waals surface area contributed by atoms with Crippen LogP contribution in [0.4, 0.5) is 5.95 Å². The summed E-state index contributed by atoms with van der Waals surface area (Å²) in [6.45, 7) is 5.53. The van der Waals surface area contributed by atoms with Crippen LogP contribution in [0.3, 0.4) is 0 Å². The zero-order valence-electron chi connectivity index (χ0n) is 15.0. The number of rotatable bonds is 7. The Morgan fingerprint density at radius 3 is 2.79 bits per heavy atom. The lowest BCUT2D eigenvalue weighted by Crippen LogP contribution is -2.08. The number of nitrogens with one attached hydrogen (secondary N) is 1. The van der Waals surface area contributed by atoms with Crippen molar-refractivity contribution in [1.29, 1.82) is 0 Å². The molecule has 0 unspecified atom stereocenters. The third kappa shape index (κ3) is 3.74. The van der Waals surface area contributed by atoms with Crippen LogP contribution in [0.1, 0.15) is 11.1 Å². The fourth-order valence-electron chi connectivity index (χ4n) is 3.18. The predicted molar refractivity (Wildman–Crippen MR) is 113 cm³/mol. The summed E-state index contributed by atoms with van der Waals surface area (Å²) in [5.74, 6) is 0.609. The zero-order chi connectivity index (χ0) is 19.5. The fraction of sp³-hybridized carbons (Fsp3) is 0.150. The first-order chi connectivity index (χ1) is 13.7. The van der Waals surface area contributed by atoms with Gasteiger partial charge in [0.2, 0.25) is 5.95 Å². The third-order valence-electron chi connectivity index (χ3n) is 4.50. The second-order valence-electron chi connectivity index (χ2n) is 6.36. The van der Waals surface area contributed by atoms with Crippen molar-refractivity contribution in [3.8, 4) is 0 Å². The van der Waals surface area contributed by atoms with Crippen LogP contribution in [0.25, 0.3) is 10.9 Å². The molecule has 4 rings (SSSR count). The Kier molecular flexibility index (Phi) is 5.32. The van der Waals surface area contributed by atoms with E-state index in [0.29, 0.717) is 35.6 Å². The molecule has 4 aromatic rings. The molecular weight excluding hydrogens is 395 g/mol. The highest BCUT2D eigenvalue weighted by atomic mass is 35.5. The number of allylic oxidation sites excluding steroid dienone is 1. The Morgan fingerprint density at radius 2 is 1.96 bits per heavy atom. The number of nitrogens with zero attached hydrogens (tertiary/aromatic N) is 5. The summed E-state index contributed by atoms with van der Waals surface area (Å²) in [6.07, 6.45) is 3.88. The molecule has 0 saturated heterocycles. The topological polar surface area (TPSA) is 60.6 Å². The van der Waals surface area contributed by atoms with Crippen molar-refractivity contribution < 1.29 is 0 Å². The van der Waals surface area contributed by atoms with Crippen LogP contribution in [-0.2, 0) is 19.6 Å². The first-order valence-electron chi connectivity index (χ1n) is 8.77. The molecular formula is C20H18Cl2N6. The Hall–Kier alpha value is -2.83. The minimum Gasteiger partial charge on any atom is -0.349 e. The first kappa shape index (κ1) is 18.5. The number of para-hydroxylation sites is 1. The van der Waals surface area contributed by atoms with Gasteiger partial charge in [-0.25, -0.2) is 4.68 Å². The third-order valence-corrected chi connectivity index (χ3v) is 5.08. The fourth-order valence-corrected chi connectivity index (χ4v) is 3.65. The molecule has 0 aliphatic carbocycles. The minimum absolute atomic E-state index is 0.548. The van der Waals surface area contributed by atoms with E-state index in [1.807, 2.05) is 24.3 Å². The van der Waals surface area contributed by atoms with Crippen LogP contribution in [0.5, 0.6) is 0 Å². The number of hydrogen-bond acceptors (Lipinski definition) is 4. The maximum absolute atomic E-state index is 6.37. The van der Waals surface area contributed by atoms with Crippen LogP contribution in [0.15, 0.2) is 61.3 Å². The number of aromatic nitrogens is 5. The van der Waals surface area contributed by atoms with E-state index in [2.05, 4.69) is 50.3 Å². The van der Waals surface area contributed by atoms with Gasteiger partial charge in [-0.3, -0.25) is 0 Å². The maximum Gasteiger partial charge on any atom is 0.243 e. The number of anilines is 1. The highest BCUT2D eigenvalue weighted by Crippen LogP contribution is 2.26. The van der Waals surface area contributed by atoms with Gasteiger partial charge in [-0.1, -0.05) is 58.6 Å². The van der Waals surface area contributed by atoms with Gasteiger partial charge in [-0.15, -0.1) is 6.58 Å². The second kappa shape index (κ2) is 8.04. The van der Waals surface area contributed by atoms with Crippen molar-refractivity contribution in [2.45, 2.75) is 19.6 Å². The number of tetrazole rings is 1. The minimum atomic E-state index is 0.548. The normalized spacial score (nSPS) is 11.1. The Balaban J connectivity index is 1.62. The molecule has 2 aromatic carbocycles. The summed E-state index contributed by atoms with van der Waals surface area (Å²) in [5, 5.41) is 17.5. The molecule has 142 valence electrons. The Labute approximate surface area is 172 Å². The molecule has 1 N–H and O–H groups in total. The van der Waals surface area contributed by atoms with Crippen LogP contribution in [0, 0.1) is 0 Å². The molecule has 0 aliphatic rings. The van der Waals surface area contributed by atoms with Gasteiger partial charge in [0.15, 0.2) is 0 Å². The van der Waals surface area contributed by atoms with Crippen molar-refractivity contribution in [3.63, 3.8) is 0 Å². The highest BCUT2D eigenvalue weighted by Gasteiger charge is 2.11. The van der Waals surface area contributed by atoms with E-state index in [4.69, 9.17) is 23.2 Å². The number of fused-ring (bicyclic) bond motifs is 1. The molecule has 0 radical (unpaired) electrons. The molecule has 2 heterocycles. The predicted octanol–water partition coefficient (Wildman–Crippen LogP) is 4.78. The van der Waals surface area contributed by atoms with Crippen LogP contribution < -0.4 is 5.32 Å². The summed E-state index contributed by atoms with van der Waals surface area (Å²) in [7, 11) is 0. The molecule has 0 atom stereocenters. The lowest BCUT2D eigenvalue weighted by molar-refractivity contribution is 0.663. The number of benzene rings is 2. The van der Waals surface area contributed by atoms with Gasteiger partial charge >= 0.3 is 0 Å². The quantitative estimate of drug-likeness (QED) is 0.443. The summed E-state index contributed by atoms with van der Waals surface area (Å²) in [4.78, 5) is 0. The summed E-state index contributed by atoms with van der Waals surface area (Å²) in [6, 6.07) is 13.9. The van der Waals surface area contributed by atoms with Crippen LogP contribution in [-0.4, -0.2) is 24.8 Å². The molecule has 0 aliphatic heterocycles. The van der Waals surface area contributed by atoms with E-state index < -0.39 is 0 Å². The van der Waals surface area contributed by atoms with Gasteiger partial charge in [0.1, 0.15) is 0 Å². The van der Waals surface area contributed by atoms with E-state index in [-0.39, 0.29) is 0 Å². The molecule has 0 spiro atoms. The van der Waals surface area contributed by atoms with E-state index in [9.17, 15) is 0 Å². The van der Waals surface area contributed by atoms with Gasteiger partial charge < -0.3 is 9.88 Å². The lowest BCUT2D eigenvalue weighted by atomic mass is 10.2. The first-order valence-corrected chi connectivity index (χ1v) is 9.53. The molecule has 0 fully saturated rings. The summed E-state index contributed by atoms with van der Waals surface area (Å²) >= 11 is 12.4. The molecule has 8 heteroatoms. The van der Waals surface area contributed by atoms with Gasteiger partial charge in [0, 0.05) is 40.2 Å². The van der Waals surface area contributed by atoms with Crippen LogP contribution >= 0.6 is 23.2 Å². The van der Waals surface area contributed by atoms with Crippen molar-refractivity contribution in [2.75, 3.05) is 5.32 Å². The van der Waals surface area contributed by atoms with Crippen molar-refractivity contribution in [1.82, 2.24) is 24.8 Å². The standard InChI is InChI=1S/C20H18Cl2N6/c1-2-9-28-20(24-25-26-28)23-11-15-13-27(19-6-4-3-5-17(15)19)12-14-7-8-16(21)10-18(14)22/h2-8,10,13H,1,9,11-12H2,(H,23,24,26). The molecule has 0 amide bonds. The van der Waals surface area contributed by atoms with E-state index >= 15 is 0 Å². The summed E-state index contributed by atoms with van der Waals surface area (Å²) < 4.78 is 3.86. The number of hydrogen-bond donors (Lipinski definition) is 1. The lowest BCUT2D eigenvalue weighted by Gasteiger charge is -2.08. The molecule has 28 heavy (non-hydrogen) atoms. The average Bonchev–Trinajstić information content (AvgIpc) is 3.27. The van der Waals surface area contributed by atoms with Gasteiger partial charge in [-0.2, -0.15) is 0 Å². The SMILES string of the molecule is C=CCn1nnnc1NCc1cn(Cc2ccc(Cl)cc2Cl)c2ccccc12. The molecule has 2 aromatic heterocycles. The number of halogens is 2. The second-order valence-corrected chi connectivity index (χ2v) is 7.21. The van der Waals surface area contributed by atoms with E-state index in [1.165, 1.54) is 5.39 Å².